The molecule has 0 radical (unpaired) electrons. The lowest BCUT2D eigenvalue weighted by Crippen LogP contribution is -2.27. The molecule has 0 fully saturated rings. The molecule has 1 N–H and O–H groups in total. The second-order valence-corrected chi connectivity index (χ2v) is 7.08. The minimum Gasteiger partial charge on any atom is -0.465 e. The van der Waals surface area contributed by atoms with Crippen LogP contribution >= 0.6 is 0 Å². The lowest BCUT2D eigenvalue weighted by molar-refractivity contribution is -0.121. The SMILES string of the molecule is COC(=O)c1cn(CC(=O)NCc2ccccc2COC(C)C)c2ccccc12. The fourth-order valence-electron chi connectivity index (χ4n) is 3.18. The van der Waals surface area contributed by atoms with Crippen LogP contribution in [0.5, 0.6) is 0 Å². The molecule has 0 aliphatic carbocycles. The average molecular weight is 394 g/mol. The fourth-order valence-corrected chi connectivity index (χ4v) is 3.18. The molecule has 1 aromatic heterocycles. The number of methoxy groups -OCH3 is 1. The lowest BCUT2D eigenvalue weighted by Gasteiger charge is -2.13. The predicted octanol–water partition coefficient (Wildman–Crippen LogP) is 3.67. The van der Waals surface area contributed by atoms with Crippen LogP contribution in [-0.2, 0) is 34.0 Å². The van der Waals surface area contributed by atoms with Crippen LogP contribution in [0.3, 0.4) is 0 Å². The minimum absolute atomic E-state index is 0.113. The average Bonchev–Trinajstić information content (AvgIpc) is 3.09. The molecule has 0 aliphatic heterocycles. The van der Waals surface area contributed by atoms with Crippen molar-refractivity contribution in [1.29, 1.82) is 0 Å². The van der Waals surface area contributed by atoms with Gasteiger partial charge in [-0.2, -0.15) is 0 Å². The molecule has 152 valence electrons. The van der Waals surface area contributed by atoms with Crippen molar-refractivity contribution in [2.45, 2.75) is 39.6 Å². The van der Waals surface area contributed by atoms with Crippen LogP contribution in [-0.4, -0.2) is 29.7 Å². The second kappa shape index (κ2) is 9.39. The summed E-state index contributed by atoms with van der Waals surface area (Å²) in [5.74, 6) is -0.554. The van der Waals surface area contributed by atoms with Gasteiger partial charge in [-0.15, -0.1) is 0 Å². The summed E-state index contributed by atoms with van der Waals surface area (Å²) in [5.41, 5.74) is 3.34. The molecule has 0 saturated carbocycles. The van der Waals surface area contributed by atoms with E-state index in [0.717, 1.165) is 22.0 Å². The molecule has 0 atom stereocenters. The van der Waals surface area contributed by atoms with Crippen LogP contribution in [0.1, 0.15) is 35.3 Å². The number of rotatable bonds is 8. The van der Waals surface area contributed by atoms with Crippen LogP contribution in [0.15, 0.2) is 54.7 Å². The molecule has 3 aromatic rings. The Kier molecular flexibility index (Phi) is 6.67. The van der Waals surface area contributed by atoms with Gasteiger partial charge in [0.25, 0.3) is 0 Å². The van der Waals surface area contributed by atoms with E-state index >= 15 is 0 Å². The highest BCUT2D eigenvalue weighted by Crippen LogP contribution is 2.22. The predicted molar refractivity (Wildman–Crippen MR) is 111 cm³/mol. The van der Waals surface area contributed by atoms with Crippen molar-refractivity contribution < 1.29 is 19.1 Å². The second-order valence-electron chi connectivity index (χ2n) is 7.08. The normalized spacial score (nSPS) is 11.0. The van der Waals surface area contributed by atoms with Gasteiger partial charge in [0.05, 0.1) is 25.4 Å². The summed E-state index contributed by atoms with van der Waals surface area (Å²) < 4.78 is 12.3. The van der Waals surface area contributed by atoms with Gasteiger partial charge < -0.3 is 19.4 Å². The van der Waals surface area contributed by atoms with Crippen LogP contribution in [0.4, 0.5) is 0 Å². The largest absolute Gasteiger partial charge is 0.465 e. The Labute approximate surface area is 170 Å². The monoisotopic (exact) mass is 394 g/mol. The molecule has 6 heteroatoms. The first kappa shape index (κ1) is 20.6. The van der Waals surface area contributed by atoms with E-state index in [1.165, 1.54) is 7.11 Å². The summed E-state index contributed by atoms with van der Waals surface area (Å²) in [5, 5.41) is 3.73. The van der Waals surface area contributed by atoms with E-state index < -0.39 is 5.97 Å². The molecule has 0 saturated heterocycles. The molecule has 0 aliphatic rings. The third kappa shape index (κ3) is 5.03. The van der Waals surface area contributed by atoms with Crippen molar-refractivity contribution in [3.63, 3.8) is 0 Å². The Hall–Kier alpha value is -3.12. The summed E-state index contributed by atoms with van der Waals surface area (Å²) in [6, 6.07) is 15.4. The summed E-state index contributed by atoms with van der Waals surface area (Å²) in [6.45, 7) is 5.03. The van der Waals surface area contributed by atoms with Gasteiger partial charge >= 0.3 is 5.97 Å². The molecule has 1 heterocycles. The van der Waals surface area contributed by atoms with E-state index in [0.29, 0.717) is 18.7 Å². The standard InChI is InChI=1S/C23H26N2O4/c1-16(2)29-15-18-9-5-4-8-17(18)12-24-22(26)14-25-13-20(23(27)28-3)19-10-6-7-11-21(19)25/h4-11,13,16H,12,14-15H2,1-3H3,(H,24,26). The highest BCUT2D eigenvalue weighted by Gasteiger charge is 2.16. The molecule has 2 aromatic carbocycles. The molecule has 1 amide bonds. The zero-order valence-electron chi connectivity index (χ0n) is 17.0. The van der Waals surface area contributed by atoms with E-state index in [1.807, 2.05) is 62.4 Å². The number of amides is 1. The highest BCUT2D eigenvalue weighted by molar-refractivity contribution is 6.04. The highest BCUT2D eigenvalue weighted by atomic mass is 16.5. The number of para-hydroxylation sites is 1. The van der Waals surface area contributed by atoms with Gasteiger partial charge in [-0.3, -0.25) is 4.79 Å². The Morgan fingerprint density at radius 1 is 1.03 bits per heavy atom. The quantitative estimate of drug-likeness (QED) is 0.592. The van der Waals surface area contributed by atoms with Gasteiger partial charge in [0, 0.05) is 23.6 Å². The lowest BCUT2D eigenvalue weighted by atomic mass is 10.1. The first-order chi connectivity index (χ1) is 14.0. The van der Waals surface area contributed by atoms with E-state index in [-0.39, 0.29) is 18.6 Å². The Bertz CT molecular complexity index is 1010. The molecule has 0 unspecified atom stereocenters. The van der Waals surface area contributed by atoms with Crippen molar-refractivity contribution in [3.8, 4) is 0 Å². The van der Waals surface area contributed by atoms with E-state index in [4.69, 9.17) is 9.47 Å². The van der Waals surface area contributed by atoms with Gasteiger partial charge in [-0.25, -0.2) is 4.79 Å². The fraction of sp³-hybridized carbons (Fsp3) is 0.304. The number of nitrogens with zero attached hydrogens (tertiary/aromatic N) is 1. The number of hydrogen-bond donors (Lipinski definition) is 1. The van der Waals surface area contributed by atoms with Crippen LogP contribution in [0, 0.1) is 0 Å². The smallest absolute Gasteiger partial charge is 0.340 e. The molecule has 29 heavy (non-hydrogen) atoms. The van der Waals surface area contributed by atoms with Crippen LogP contribution in [0.2, 0.25) is 0 Å². The first-order valence-electron chi connectivity index (χ1n) is 9.61. The van der Waals surface area contributed by atoms with Crippen molar-refractivity contribution >= 4 is 22.8 Å². The summed E-state index contributed by atoms with van der Waals surface area (Å²) in [4.78, 5) is 24.6. The number of carbonyl (C=O) groups excluding carboxylic acids is 2. The Balaban J connectivity index is 1.70. The van der Waals surface area contributed by atoms with Crippen LogP contribution < -0.4 is 5.32 Å². The minimum atomic E-state index is -0.417. The van der Waals surface area contributed by atoms with E-state index in [2.05, 4.69) is 5.32 Å². The van der Waals surface area contributed by atoms with Gasteiger partial charge in [-0.05, 0) is 31.0 Å². The van der Waals surface area contributed by atoms with Gasteiger partial charge in [-0.1, -0.05) is 42.5 Å². The maximum absolute atomic E-state index is 12.6. The van der Waals surface area contributed by atoms with Gasteiger partial charge in [0.2, 0.25) is 5.91 Å². The summed E-state index contributed by atoms with van der Waals surface area (Å²) in [6.07, 6.45) is 1.81. The maximum atomic E-state index is 12.6. The Morgan fingerprint density at radius 2 is 1.72 bits per heavy atom. The summed E-state index contributed by atoms with van der Waals surface area (Å²) in [7, 11) is 1.35. The maximum Gasteiger partial charge on any atom is 0.340 e. The number of ether oxygens (including phenoxy) is 2. The number of nitrogens with one attached hydrogen (secondary N) is 1. The van der Waals surface area contributed by atoms with Crippen molar-refractivity contribution in [3.05, 3.63) is 71.4 Å². The topological polar surface area (TPSA) is 69.6 Å². The first-order valence-corrected chi connectivity index (χ1v) is 9.61. The van der Waals surface area contributed by atoms with Crippen molar-refractivity contribution in [2.24, 2.45) is 0 Å². The van der Waals surface area contributed by atoms with Gasteiger partial charge in [0.1, 0.15) is 6.54 Å². The molecular formula is C23H26N2O4. The molecule has 3 rings (SSSR count). The number of esters is 1. The van der Waals surface area contributed by atoms with Gasteiger partial charge in [0.15, 0.2) is 0 Å². The number of aromatic nitrogens is 1. The van der Waals surface area contributed by atoms with E-state index in [9.17, 15) is 9.59 Å². The van der Waals surface area contributed by atoms with Crippen LogP contribution in [0.25, 0.3) is 10.9 Å². The number of hydrogen-bond acceptors (Lipinski definition) is 4. The molecule has 0 spiro atoms. The Morgan fingerprint density at radius 3 is 2.45 bits per heavy atom. The molecule has 0 bridgehead atoms. The zero-order chi connectivity index (χ0) is 20.8. The third-order valence-corrected chi connectivity index (χ3v) is 4.67. The van der Waals surface area contributed by atoms with Crippen molar-refractivity contribution in [2.75, 3.05) is 7.11 Å². The van der Waals surface area contributed by atoms with Crippen molar-refractivity contribution in [1.82, 2.24) is 9.88 Å². The third-order valence-electron chi connectivity index (χ3n) is 4.67. The molecule has 6 nitrogen and oxygen atoms in total. The summed E-state index contributed by atoms with van der Waals surface area (Å²) >= 11 is 0. The number of benzene rings is 2. The molecular weight excluding hydrogens is 368 g/mol. The number of carbonyl (C=O) groups is 2. The number of fused-ring (bicyclic) bond motifs is 1. The van der Waals surface area contributed by atoms with E-state index in [1.54, 1.807) is 10.8 Å². The zero-order valence-corrected chi connectivity index (χ0v) is 17.0.